The number of benzene rings is 1. The maximum absolute atomic E-state index is 13.1. The molecule has 1 aliphatic rings. The Hall–Kier alpha value is -2.56. The Balaban J connectivity index is 1.52. The summed E-state index contributed by atoms with van der Waals surface area (Å²) in [6.45, 7) is 0.690. The van der Waals surface area contributed by atoms with E-state index in [1.807, 2.05) is 16.8 Å². The molecule has 3 heterocycles. The summed E-state index contributed by atoms with van der Waals surface area (Å²) in [4.78, 5) is 11.7. The zero-order valence-corrected chi connectivity index (χ0v) is 17.3. The second kappa shape index (κ2) is 8.05. The number of ether oxygens (including phenoxy) is 1. The van der Waals surface area contributed by atoms with Crippen LogP contribution in [0.2, 0.25) is 0 Å². The summed E-state index contributed by atoms with van der Waals surface area (Å²) < 4.78 is 38.0. The van der Waals surface area contributed by atoms with Gasteiger partial charge in [0.1, 0.15) is 0 Å². The van der Waals surface area contributed by atoms with Crippen molar-refractivity contribution in [2.24, 2.45) is 0 Å². The Morgan fingerprint density at radius 2 is 2.03 bits per heavy atom. The maximum Gasteiger partial charge on any atom is 0.337 e. The van der Waals surface area contributed by atoms with Crippen LogP contribution in [0.1, 0.15) is 35.0 Å². The number of esters is 1. The third-order valence-corrected chi connectivity index (χ3v) is 7.42. The van der Waals surface area contributed by atoms with Crippen LogP contribution < -0.4 is 0 Å². The van der Waals surface area contributed by atoms with Gasteiger partial charge in [-0.25, -0.2) is 13.2 Å². The molecule has 10 heteroatoms. The molecule has 0 aliphatic carbocycles. The number of rotatable bonds is 5. The molecule has 152 valence electrons. The Kier molecular flexibility index (Phi) is 5.48. The molecule has 0 saturated carbocycles. The first kappa shape index (κ1) is 19.7. The molecule has 0 bridgehead atoms. The third kappa shape index (κ3) is 3.96. The van der Waals surface area contributed by atoms with Crippen molar-refractivity contribution in [3.63, 3.8) is 0 Å². The van der Waals surface area contributed by atoms with E-state index in [1.165, 1.54) is 35.7 Å². The maximum atomic E-state index is 13.1. The van der Waals surface area contributed by atoms with Crippen LogP contribution in [0, 0.1) is 0 Å². The molecule has 2 aromatic heterocycles. The van der Waals surface area contributed by atoms with Gasteiger partial charge in [0.2, 0.25) is 21.8 Å². The monoisotopic (exact) mass is 433 g/mol. The van der Waals surface area contributed by atoms with E-state index >= 15 is 0 Å². The zero-order valence-electron chi connectivity index (χ0n) is 15.6. The highest BCUT2D eigenvalue weighted by Gasteiger charge is 2.33. The fraction of sp³-hybridized carbons (Fsp3) is 0.316. The van der Waals surface area contributed by atoms with Crippen LogP contribution in [0.15, 0.2) is 50.4 Å². The van der Waals surface area contributed by atoms with E-state index in [1.54, 1.807) is 11.3 Å². The molecule has 0 spiro atoms. The van der Waals surface area contributed by atoms with E-state index in [-0.39, 0.29) is 17.4 Å². The van der Waals surface area contributed by atoms with Gasteiger partial charge in [0.15, 0.2) is 0 Å². The lowest BCUT2D eigenvalue weighted by atomic mass is 10.00. The number of piperidine rings is 1. The number of methoxy groups -OCH3 is 1. The number of hydrogen-bond acceptors (Lipinski definition) is 8. The van der Waals surface area contributed by atoms with Gasteiger partial charge in [-0.1, -0.05) is 0 Å². The summed E-state index contributed by atoms with van der Waals surface area (Å²) in [6, 6.07) is 7.65. The minimum absolute atomic E-state index is 0.135. The first-order chi connectivity index (χ1) is 14.0. The van der Waals surface area contributed by atoms with Crippen LogP contribution in [-0.2, 0) is 14.8 Å². The lowest BCUT2D eigenvalue weighted by molar-refractivity contribution is 0.0600. The third-order valence-electron chi connectivity index (χ3n) is 4.86. The standard InChI is InChI=1S/C19H19N3O5S2/c1-26-19(23)13-4-6-16(7-5-13)29(24,25)22-9-2-3-14(11-22)17-20-21-18(27-17)15-8-10-28-12-15/h4-8,10,12,14H,2-3,9,11H2,1H3/t14-/m1/s1. The van der Waals surface area contributed by atoms with Crippen LogP contribution in [0.5, 0.6) is 0 Å². The van der Waals surface area contributed by atoms with Gasteiger partial charge in [-0.15, -0.1) is 10.2 Å². The molecule has 29 heavy (non-hydrogen) atoms. The lowest BCUT2D eigenvalue weighted by Gasteiger charge is -2.30. The van der Waals surface area contributed by atoms with Gasteiger partial charge in [0.05, 0.1) is 23.5 Å². The average molecular weight is 434 g/mol. The number of carbonyl (C=O) groups is 1. The zero-order chi connectivity index (χ0) is 20.4. The van der Waals surface area contributed by atoms with Crippen molar-refractivity contribution in [2.45, 2.75) is 23.7 Å². The predicted octanol–water partition coefficient (Wildman–Crippen LogP) is 3.15. The van der Waals surface area contributed by atoms with E-state index in [2.05, 4.69) is 14.9 Å². The number of sulfonamides is 1. The van der Waals surface area contributed by atoms with Crippen molar-refractivity contribution in [2.75, 3.05) is 20.2 Å². The van der Waals surface area contributed by atoms with E-state index in [4.69, 9.17) is 4.42 Å². The Morgan fingerprint density at radius 1 is 1.24 bits per heavy atom. The molecule has 0 radical (unpaired) electrons. The average Bonchev–Trinajstić information content (AvgIpc) is 3.45. The Morgan fingerprint density at radius 3 is 2.72 bits per heavy atom. The molecule has 0 unspecified atom stereocenters. The number of aromatic nitrogens is 2. The highest BCUT2D eigenvalue weighted by molar-refractivity contribution is 7.89. The van der Waals surface area contributed by atoms with Gasteiger partial charge in [-0.05, 0) is 48.6 Å². The van der Waals surface area contributed by atoms with Crippen LogP contribution in [0.3, 0.4) is 0 Å². The van der Waals surface area contributed by atoms with Crippen LogP contribution >= 0.6 is 11.3 Å². The second-order valence-corrected chi connectivity index (χ2v) is 9.39. The molecule has 8 nitrogen and oxygen atoms in total. The summed E-state index contributed by atoms with van der Waals surface area (Å²) in [5.74, 6) is 0.226. The topological polar surface area (TPSA) is 103 Å². The van der Waals surface area contributed by atoms with Crippen LogP contribution in [0.4, 0.5) is 0 Å². The summed E-state index contributed by atoms with van der Waals surface area (Å²) in [5.41, 5.74) is 1.16. The van der Waals surface area contributed by atoms with Crippen LogP contribution in [0.25, 0.3) is 11.5 Å². The number of nitrogens with zero attached hydrogens (tertiary/aromatic N) is 3. The number of carbonyl (C=O) groups excluding carboxylic acids is 1. The molecule has 0 N–H and O–H groups in total. The fourth-order valence-electron chi connectivity index (χ4n) is 3.29. The van der Waals surface area contributed by atoms with Crippen molar-refractivity contribution < 1.29 is 22.4 Å². The van der Waals surface area contributed by atoms with Crippen LogP contribution in [-0.4, -0.2) is 49.1 Å². The molecule has 0 amide bonds. The molecule has 1 fully saturated rings. The minimum atomic E-state index is -3.70. The first-order valence-electron chi connectivity index (χ1n) is 9.03. The highest BCUT2D eigenvalue weighted by Crippen LogP contribution is 2.31. The van der Waals surface area contributed by atoms with E-state index < -0.39 is 16.0 Å². The smallest absolute Gasteiger partial charge is 0.337 e. The van der Waals surface area contributed by atoms with Gasteiger partial charge in [0, 0.05) is 24.0 Å². The summed E-state index contributed by atoms with van der Waals surface area (Å²) in [6.07, 6.45) is 1.47. The first-order valence-corrected chi connectivity index (χ1v) is 11.4. The molecular weight excluding hydrogens is 414 g/mol. The van der Waals surface area contributed by atoms with Gasteiger partial charge >= 0.3 is 5.97 Å². The Labute approximate surface area is 172 Å². The normalized spacial score (nSPS) is 17.9. The van der Waals surface area contributed by atoms with Crippen molar-refractivity contribution in [3.8, 4) is 11.5 Å². The molecule has 1 aromatic carbocycles. The second-order valence-electron chi connectivity index (χ2n) is 6.68. The lowest BCUT2D eigenvalue weighted by Crippen LogP contribution is -2.39. The van der Waals surface area contributed by atoms with E-state index in [0.29, 0.717) is 30.3 Å². The molecule has 3 aromatic rings. The summed E-state index contributed by atoms with van der Waals surface area (Å²) in [5, 5.41) is 12.1. The van der Waals surface area contributed by atoms with Gasteiger partial charge in [0.25, 0.3) is 0 Å². The quantitative estimate of drug-likeness (QED) is 0.570. The van der Waals surface area contributed by atoms with Crippen molar-refractivity contribution >= 4 is 27.3 Å². The molecule has 1 aliphatic heterocycles. The SMILES string of the molecule is COC(=O)c1ccc(S(=O)(=O)N2CCC[C@@H](c3nnc(-c4ccsc4)o3)C2)cc1. The minimum Gasteiger partial charge on any atom is -0.465 e. The van der Waals surface area contributed by atoms with Gasteiger partial charge in [-0.2, -0.15) is 15.6 Å². The summed E-state index contributed by atoms with van der Waals surface area (Å²) >= 11 is 1.54. The molecule has 1 saturated heterocycles. The molecule has 4 rings (SSSR count). The van der Waals surface area contributed by atoms with E-state index in [9.17, 15) is 13.2 Å². The van der Waals surface area contributed by atoms with Crippen molar-refractivity contribution in [1.29, 1.82) is 0 Å². The summed E-state index contributed by atoms with van der Waals surface area (Å²) in [7, 11) is -2.42. The number of hydrogen-bond donors (Lipinski definition) is 0. The number of thiophene rings is 1. The predicted molar refractivity (Wildman–Crippen MR) is 106 cm³/mol. The van der Waals surface area contributed by atoms with Gasteiger partial charge in [-0.3, -0.25) is 0 Å². The Bertz CT molecular complexity index is 1090. The molecular formula is C19H19N3O5S2. The molecule has 1 atom stereocenters. The van der Waals surface area contributed by atoms with Crippen molar-refractivity contribution in [3.05, 3.63) is 52.5 Å². The van der Waals surface area contributed by atoms with Crippen molar-refractivity contribution in [1.82, 2.24) is 14.5 Å². The van der Waals surface area contributed by atoms with E-state index in [0.717, 1.165) is 12.0 Å². The fourth-order valence-corrected chi connectivity index (χ4v) is 5.45. The highest BCUT2D eigenvalue weighted by atomic mass is 32.2. The largest absolute Gasteiger partial charge is 0.465 e. The van der Waals surface area contributed by atoms with Gasteiger partial charge < -0.3 is 9.15 Å².